The molecule has 0 saturated heterocycles. The van der Waals surface area contributed by atoms with Crippen LogP contribution in [0, 0.1) is 17.1 Å². The molecule has 0 fully saturated rings. The maximum Gasteiger partial charge on any atom is 0.252 e. The van der Waals surface area contributed by atoms with E-state index in [-0.39, 0.29) is 10.0 Å². The number of hydrogen-bond acceptors (Lipinski definition) is 2. The fraction of sp³-hybridized carbons (Fsp3) is 0.385. The summed E-state index contributed by atoms with van der Waals surface area (Å²) in [5.41, 5.74) is 4.51. The minimum Gasteiger partial charge on any atom is -0.365 e. The van der Waals surface area contributed by atoms with Gasteiger partial charge in [0.2, 0.25) is 0 Å². The zero-order valence-corrected chi connectivity index (χ0v) is 12.4. The molecule has 3 nitrogen and oxygen atoms in total. The van der Waals surface area contributed by atoms with Crippen molar-refractivity contribution in [3.05, 3.63) is 33.5 Å². The lowest BCUT2D eigenvalue weighted by Crippen LogP contribution is -2.18. The predicted octanol–water partition coefficient (Wildman–Crippen LogP) is 3.51. The van der Waals surface area contributed by atoms with Crippen molar-refractivity contribution in [2.45, 2.75) is 33.1 Å². The maximum atomic E-state index is 13.6. The van der Waals surface area contributed by atoms with E-state index < -0.39 is 17.1 Å². The first-order valence-electron chi connectivity index (χ1n) is 5.50. The highest BCUT2D eigenvalue weighted by atomic mass is 79.9. The molecule has 0 heterocycles. The summed E-state index contributed by atoms with van der Waals surface area (Å²) in [4.78, 5) is 11.0. The molecule has 18 heavy (non-hydrogen) atoms. The molecule has 0 aliphatic heterocycles. The summed E-state index contributed by atoms with van der Waals surface area (Å²) in [6.45, 7) is 7.33. The fourth-order valence-electron chi connectivity index (χ4n) is 1.23. The van der Waals surface area contributed by atoms with Crippen molar-refractivity contribution in [3.63, 3.8) is 0 Å². The van der Waals surface area contributed by atoms with E-state index in [9.17, 15) is 9.18 Å². The lowest BCUT2D eigenvalue weighted by Gasteiger charge is -2.17. The van der Waals surface area contributed by atoms with E-state index in [1.807, 2.05) is 13.8 Å². The first kappa shape index (κ1) is 16.6. The van der Waals surface area contributed by atoms with Gasteiger partial charge in [0.15, 0.2) is 0 Å². The average molecular weight is 315 g/mol. The van der Waals surface area contributed by atoms with Gasteiger partial charge in [-0.25, -0.2) is 4.39 Å². The normalized spacial score (nSPS) is 10.1. The molecular formula is C13H16BrFN2O. The van der Waals surface area contributed by atoms with Crippen molar-refractivity contribution in [2.24, 2.45) is 5.73 Å². The van der Waals surface area contributed by atoms with Crippen molar-refractivity contribution in [1.82, 2.24) is 0 Å². The third-order valence-electron chi connectivity index (χ3n) is 2.29. The highest BCUT2D eigenvalue weighted by molar-refractivity contribution is 9.10. The molecule has 0 aliphatic rings. The van der Waals surface area contributed by atoms with Crippen molar-refractivity contribution >= 4 is 21.8 Å². The van der Waals surface area contributed by atoms with E-state index >= 15 is 0 Å². The zero-order valence-electron chi connectivity index (χ0n) is 10.8. The lowest BCUT2D eigenvalue weighted by atomic mass is 9.86. The monoisotopic (exact) mass is 314 g/mol. The van der Waals surface area contributed by atoms with Gasteiger partial charge in [0.25, 0.3) is 5.91 Å². The van der Waals surface area contributed by atoms with Gasteiger partial charge in [0, 0.05) is 4.47 Å². The van der Waals surface area contributed by atoms with Gasteiger partial charge in [-0.15, -0.1) is 0 Å². The van der Waals surface area contributed by atoms with Gasteiger partial charge < -0.3 is 5.73 Å². The third-order valence-corrected chi connectivity index (χ3v) is 2.92. The Balaban J connectivity index is 0.00000137. The smallest absolute Gasteiger partial charge is 0.252 e. The Morgan fingerprint density at radius 1 is 1.44 bits per heavy atom. The number of rotatable bonds is 2. The molecule has 0 saturated carbocycles. The van der Waals surface area contributed by atoms with Crippen LogP contribution in [-0.2, 0) is 5.41 Å². The highest BCUT2D eigenvalue weighted by Gasteiger charge is 2.24. The number of nitriles is 1. The molecule has 1 rings (SSSR count). The van der Waals surface area contributed by atoms with E-state index in [0.717, 1.165) is 6.07 Å². The summed E-state index contributed by atoms with van der Waals surface area (Å²) in [7, 11) is 0. The van der Waals surface area contributed by atoms with Crippen molar-refractivity contribution < 1.29 is 9.18 Å². The maximum absolute atomic E-state index is 13.6. The van der Waals surface area contributed by atoms with Gasteiger partial charge in [0.1, 0.15) is 5.82 Å². The van der Waals surface area contributed by atoms with Crippen LogP contribution in [0.2, 0.25) is 0 Å². The third kappa shape index (κ3) is 3.54. The molecule has 5 heteroatoms. The van der Waals surface area contributed by atoms with Gasteiger partial charge in [-0.05, 0) is 47.5 Å². The molecule has 0 bridgehead atoms. The van der Waals surface area contributed by atoms with Crippen molar-refractivity contribution in [2.75, 3.05) is 0 Å². The summed E-state index contributed by atoms with van der Waals surface area (Å²) < 4.78 is 13.9. The highest BCUT2D eigenvalue weighted by Crippen LogP contribution is 2.29. The van der Waals surface area contributed by atoms with Gasteiger partial charge in [-0.2, -0.15) is 5.26 Å². The molecule has 1 aromatic carbocycles. The molecule has 98 valence electrons. The number of primary amides is 1. The number of carbonyl (C=O) groups is 1. The van der Waals surface area contributed by atoms with Gasteiger partial charge in [0.05, 0.1) is 17.0 Å². The Bertz CT molecular complexity index is 469. The van der Waals surface area contributed by atoms with Crippen LogP contribution in [-0.4, -0.2) is 5.91 Å². The molecule has 1 aromatic rings. The Morgan fingerprint density at radius 2 is 1.94 bits per heavy atom. The standard InChI is InChI=1S/C11H10BrFN2O.C2H6/c1-11(2,5-14)6-3-7(12)9(10(15)16)8(13)4-6;1-2/h3-4H,1-2H3,(H2,15,16);1-2H3. The minimum absolute atomic E-state index is 0.197. The van der Waals surface area contributed by atoms with Gasteiger partial charge in [-0.1, -0.05) is 13.8 Å². The average Bonchev–Trinajstić information content (AvgIpc) is 2.30. The first-order valence-corrected chi connectivity index (χ1v) is 6.29. The van der Waals surface area contributed by atoms with Crippen LogP contribution in [0.5, 0.6) is 0 Å². The lowest BCUT2D eigenvalue weighted by molar-refractivity contribution is 0.0995. The predicted molar refractivity (Wildman–Crippen MR) is 72.6 cm³/mol. The number of benzene rings is 1. The van der Waals surface area contributed by atoms with Crippen LogP contribution < -0.4 is 5.73 Å². The second-order valence-corrected chi connectivity index (χ2v) is 4.77. The summed E-state index contributed by atoms with van der Waals surface area (Å²) >= 11 is 3.07. The van der Waals surface area contributed by atoms with Crippen LogP contribution in [0.4, 0.5) is 4.39 Å². The number of nitrogens with two attached hydrogens (primary N) is 1. The largest absolute Gasteiger partial charge is 0.365 e. The summed E-state index contributed by atoms with van der Waals surface area (Å²) in [5, 5.41) is 8.93. The van der Waals surface area contributed by atoms with Crippen molar-refractivity contribution in [1.29, 1.82) is 5.26 Å². The van der Waals surface area contributed by atoms with E-state index in [0.29, 0.717) is 5.56 Å². The second kappa shape index (κ2) is 6.50. The van der Waals surface area contributed by atoms with Crippen LogP contribution >= 0.6 is 15.9 Å². The van der Waals surface area contributed by atoms with E-state index in [4.69, 9.17) is 11.0 Å². The van der Waals surface area contributed by atoms with Crippen LogP contribution in [0.25, 0.3) is 0 Å². The molecule has 0 radical (unpaired) electrons. The van der Waals surface area contributed by atoms with E-state index in [1.54, 1.807) is 13.8 Å². The quantitative estimate of drug-likeness (QED) is 0.907. The van der Waals surface area contributed by atoms with Crippen LogP contribution in [0.1, 0.15) is 43.6 Å². The Morgan fingerprint density at radius 3 is 2.28 bits per heavy atom. The van der Waals surface area contributed by atoms with E-state index in [2.05, 4.69) is 22.0 Å². The van der Waals surface area contributed by atoms with Gasteiger partial charge >= 0.3 is 0 Å². The summed E-state index contributed by atoms with van der Waals surface area (Å²) in [6, 6.07) is 4.75. The molecule has 1 amide bonds. The molecule has 2 N–H and O–H groups in total. The molecular weight excluding hydrogens is 299 g/mol. The Labute approximate surface area is 115 Å². The van der Waals surface area contributed by atoms with Crippen LogP contribution in [0.15, 0.2) is 16.6 Å². The number of hydrogen-bond donors (Lipinski definition) is 1. The summed E-state index contributed by atoms with van der Waals surface area (Å²) in [5.74, 6) is -1.56. The summed E-state index contributed by atoms with van der Waals surface area (Å²) in [6.07, 6.45) is 0. The number of halogens is 2. The second-order valence-electron chi connectivity index (χ2n) is 3.92. The number of amides is 1. The molecule has 0 unspecified atom stereocenters. The Kier molecular flexibility index (Phi) is 5.99. The van der Waals surface area contributed by atoms with Gasteiger partial charge in [-0.3, -0.25) is 4.79 Å². The molecule has 0 aromatic heterocycles. The minimum atomic E-state index is -0.842. The topological polar surface area (TPSA) is 66.9 Å². The first-order chi connectivity index (χ1) is 8.29. The number of carbonyl (C=O) groups excluding carboxylic acids is 1. The van der Waals surface area contributed by atoms with Crippen molar-refractivity contribution in [3.8, 4) is 6.07 Å². The molecule has 0 atom stereocenters. The Hall–Kier alpha value is -1.41. The van der Waals surface area contributed by atoms with Crippen LogP contribution in [0.3, 0.4) is 0 Å². The molecule has 0 aliphatic carbocycles. The fourth-order valence-corrected chi connectivity index (χ4v) is 1.87. The van der Waals surface area contributed by atoms with E-state index in [1.165, 1.54) is 6.07 Å². The zero-order chi connectivity index (χ0) is 14.5. The number of nitrogens with zero attached hydrogens (tertiary/aromatic N) is 1. The molecule has 0 spiro atoms. The SMILES string of the molecule is CC.CC(C)(C#N)c1cc(F)c(C(N)=O)c(Br)c1.